The van der Waals surface area contributed by atoms with Crippen LogP contribution in [0.25, 0.3) is 0 Å². The normalized spacial score (nSPS) is 13.9. The number of benzene rings is 2. The molecule has 0 bridgehead atoms. The number of nitrogens with one attached hydrogen (secondary N) is 1. The molecule has 0 aliphatic heterocycles. The Bertz CT molecular complexity index is 1020. The largest absolute Gasteiger partial charge is 0.508 e. The van der Waals surface area contributed by atoms with Crippen LogP contribution in [0.5, 0.6) is 5.75 Å². The van der Waals surface area contributed by atoms with Crippen LogP contribution in [0.15, 0.2) is 66.9 Å². The van der Waals surface area contributed by atoms with E-state index < -0.39 is 12.0 Å². The van der Waals surface area contributed by atoms with E-state index >= 15 is 0 Å². The van der Waals surface area contributed by atoms with Crippen molar-refractivity contribution < 1.29 is 15.0 Å². The summed E-state index contributed by atoms with van der Waals surface area (Å²) in [6.45, 7) is 2.43. The number of nitrogens with zero attached hydrogens (tertiary/aromatic N) is 1. The molecule has 7 N–H and O–H groups in total. The molecule has 1 unspecified atom stereocenters. The lowest BCUT2D eigenvalue weighted by atomic mass is 9.89. The molecule has 0 spiro atoms. The van der Waals surface area contributed by atoms with Gasteiger partial charge in [-0.05, 0) is 54.7 Å². The SMILES string of the molecule is C[C@H](Cc1cccc(C(Cc2ccc(O)cc2)C(N)=O)c1)NC[C@H](O)c1ccc(N)nc1. The first-order chi connectivity index (χ1) is 15.3. The Morgan fingerprint density at radius 3 is 2.44 bits per heavy atom. The summed E-state index contributed by atoms with van der Waals surface area (Å²) in [4.78, 5) is 16.2. The number of rotatable bonds is 10. The zero-order chi connectivity index (χ0) is 23.1. The number of hydrogen-bond donors (Lipinski definition) is 5. The summed E-state index contributed by atoms with van der Waals surface area (Å²) in [5, 5.41) is 23.2. The van der Waals surface area contributed by atoms with Crippen molar-refractivity contribution in [2.75, 3.05) is 12.3 Å². The number of primary amides is 1. The number of aromatic nitrogens is 1. The van der Waals surface area contributed by atoms with Crippen molar-refractivity contribution in [3.8, 4) is 5.75 Å². The number of phenols is 1. The molecule has 7 heteroatoms. The van der Waals surface area contributed by atoms with Crippen molar-refractivity contribution in [2.24, 2.45) is 5.73 Å². The molecule has 7 nitrogen and oxygen atoms in total. The van der Waals surface area contributed by atoms with Crippen LogP contribution in [0, 0.1) is 0 Å². The van der Waals surface area contributed by atoms with E-state index in [4.69, 9.17) is 11.5 Å². The maximum Gasteiger partial charge on any atom is 0.225 e. The summed E-state index contributed by atoms with van der Waals surface area (Å²) in [5.74, 6) is -0.239. The van der Waals surface area contributed by atoms with Crippen molar-refractivity contribution in [2.45, 2.75) is 37.8 Å². The smallest absolute Gasteiger partial charge is 0.225 e. The molecule has 0 radical (unpaired) electrons. The molecule has 0 aliphatic rings. The fraction of sp³-hybridized carbons (Fsp3) is 0.280. The minimum Gasteiger partial charge on any atom is -0.508 e. The van der Waals surface area contributed by atoms with Gasteiger partial charge in [0.25, 0.3) is 0 Å². The molecule has 3 aromatic rings. The van der Waals surface area contributed by atoms with Crippen molar-refractivity contribution in [1.29, 1.82) is 0 Å². The number of carbonyl (C=O) groups is 1. The molecule has 1 heterocycles. The van der Waals surface area contributed by atoms with Gasteiger partial charge < -0.3 is 27.0 Å². The Morgan fingerprint density at radius 2 is 1.78 bits per heavy atom. The van der Waals surface area contributed by atoms with Crippen LogP contribution < -0.4 is 16.8 Å². The highest BCUT2D eigenvalue weighted by molar-refractivity contribution is 5.82. The number of carbonyl (C=O) groups excluding carboxylic acids is 1. The van der Waals surface area contributed by atoms with Crippen molar-refractivity contribution in [3.63, 3.8) is 0 Å². The van der Waals surface area contributed by atoms with E-state index in [2.05, 4.69) is 10.3 Å². The first kappa shape index (κ1) is 23.2. The minimum atomic E-state index is -0.679. The summed E-state index contributed by atoms with van der Waals surface area (Å²) in [6, 6.07) is 18.2. The van der Waals surface area contributed by atoms with E-state index in [0.29, 0.717) is 24.3 Å². The molecule has 2 aromatic carbocycles. The van der Waals surface area contributed by atoms with Gasteiger partial charge in [0.2, 0.25) is 5.91 Å². The number of amides is 1. The fourth-order valence-corrected chi connectivity index (χ4v) is 3.66. The highest BCUT2D eigenvalue weighted by Crippen LogP contribution is 2.23. The average molecular weight is 435 g/mol. The van der Waals surface area contributed by atoms with E-state index in [0.717, 1.165) is 23.1 Å². The lowest BCUT2D eigenvalue weighted by molar-refractivity contribution is -0.119. The summed E-state index contributed by atoms with van der Waals surface area (Å²) in [5.41, 5.74) is 14.9. The van der Waals surface area contributed by atoms with Crippen molar-refractivity contribution in [1.82, 2.24) is 10.3 Å². The highest BCUT2D eigenvalue weighted by atomic mass is 16.3. The van der Waals surface area contributed by atoms with Crippen LogP contribution in [-0.4, -0.2) is 33.7 Å². The first-order valence-corrected chi connectivity index (χ1v) is 10.6. The number of nitrogens with two attached hydrogens (primary N) is 2. The zero-order valence-corrected chi connectivity index (χ0v) is 18.1. The number of hydrogen-bond acceptors (Lipinski definition) is 6. The standard InChI is InChI=1S/C25H30N4O3/c1-16(28-15-23(31)20-7-10-24(26)29-14-20)11-18-3-2-4-19(12-18)22(25(27)32)13-17-5-8-21(30)9-6-17/h2-10,12,14,16,22-23,28,30-31H,11,13,15H2,1H3,(H2,26,29)(H2,27,32)/t16-,22?,23+/m1/s1. The van der Waals surface area contributed by atoms with Gasteiger partial charge in [-0.25, -0.2) is 4.98 Å². The number of anilines is 1. The number of aliphatic hydroxyl groups excluding tert-OH is 1. The van der Waals surface area contributed by atoms with Crippen LogP contribution in [0.3, 0.4) is 0 Å². The lowest BCUT2D eigenvalue weighted by Gasteiger charge is -2.19. The van der Waals surface area contributed by atoms with Gasteiger partial charge in [-0.15, -0.1) is 0 Å². The Hall–Kier alpha value is -3.42. The number of aromatic hydroxyl groups is 1. The maximum atomic E-state index is 12.2. The molecule has 0 aliphatic carbocycles. The van der Waals surface area contributed by atoms with Crippen LogP contribution in [0.4, 0.5) is 5.82 Å². The number of pyridine rings is 1. The van der Waals surface area contributed by atoms with Crippen LogP contribution in [-0.2, 0) is 17.6 Å². The highest BCUT2D eigenvalue weighted by Gasteiger charge is 2.19. The predicted octanol–water partition coefficient (Wildman–Crippen LogP) is 2.44. The Kier molecular flexibility index (Phi) is 7.81. The van der Waals surface area contributed by atoms with E-state index in [-0.39, 0.29) is 17.7 Å². The van der Waals surface area contributed by atoms with Gasteiger partial charge in [0.1, 0.15) is 11.6 Å². The Morgan fingerprint density at radius 1 is 1.03 bits per heavy atom. The molecule has 0 saturated heterocycles. The van der Waals surface area contributed by atoms with Gasteiger partial charge in [-0.1, -0.05) is 42.5 Å². The van der Waals surface area contributed by atoms with Crippen molar-refractivity contribution in [3.05, 3.63) is 89.1 Å². The minimum absolute atomic E-state index is 0.103. The molecular weight excluding hydrogens is 404 g/mol. The molecule has 0 saturated carbocycles. The van der Waals surface area contributed by atoms with Gasteiger partial charge in [-0.3, -0.25) is 4.79 Å². The molecule has 1 aromatic heterocycles. The summed E-state index contributed by atoms with van der Waals surface area (Å²) < 4.78 is 0. The summed E-state index contributed by atoms with van der Waals surface area (Å²) in [6.07, 6.45) is 2.09. The van der Waals surface area contributed by atoms with Gasteiger partial charge >= 0.3 is 0 Å². The molecule has 1 amide bonds. The van der Waals surface area contributed by atoms with Gasteiger partial charge in [-0.2, -0.15) is 0 Å². The predicted molar refractivity (Wildman–Crippen MR) is 125 cm³/mol. The topological polar surface area (TPSA) is 134 Å². The summed E-state index contributed by atoms with van der Waals surface area (Å²) >= 11 is 0. The third-order valence-corrected chi connectivity index (χ3v) is 5.47. The molecule has 32 heavy (non-hydrogen) atoms. The van der Waals surface area contributed by atoms with Crippen molar-refractivity contribution >= 4 is 11.7 Å². The van der Waals surface area contributed by atoms with E-state index in [1.807, 2.05) is 31.2 Å². The van der Waals surface area contributed by atoms with Gasteiger partial charge in [0, 0.05) is 24.3 Å². The van der Waals surface area contributed by atoms with Crippen LogP contribution >= 0.6 is 0 Å². The molecule has 3 rings (SSSR count). The maximum absolute atomic E-state index is 12.2. The number of phenolic OH excluding ortho intramolecular Hbond substituents is 1. The Balaban J connectivity index is 1.61. The monoisotopic (exact) mass is 434 g/mol. The molecule has 0 fully saturated rings. The molecular formula is C25H30N4O3. The number of aliphatic hydroxyl groups is 1. The van der Waals surface area contributed by atoms with E-state index in [1.54, 1.807) is 42.6 Å². The second kappa shape index (κ2) is 10.7. The van der Waals surface area contributed by atoms with Crippen LogP contribution in [0.1, 0.15) is 41.2 Å². The Labute approximate surface area is 188 Å². The molecule has 3 atom stereocenters. The number of nitrogen functional groups attached to an aromatic ring is 1. The third kappa shape index (κ3) is 6.54. The fourth-order valence-electron chi connectivity index (χ4n) is 3.66. The van der Waals surface area contributed by atoms with E-state index in [1.165, 1.54) is 0 Å². The summed E-state index contributed by atoms with van der Waals surface area (Å²) in [7, 11) is 0. The van der Waals surface area contributed by atoms with Gasteiger partial charge in [0.05, 0.1) is 12.0 Å². The van der Waals surface area contributed by atoms with Gasteiger partial charge in [0.15, 0.2) is 0 Å². The first-order valence-electron chi connectivity index (χ1n) is 10.6. The second-order valence-electron chi connectivity index (χ2n) is 8.12. The molecule has 168 valence electrons. The van der Waals surface area contributed by atoms with E-state index in [9.17, 15) is 15.0 Å². The zero-order valence-electron chi connectivity index (χ0n) is 18.1. The van der Waals surface area contributed by atoms with Crippen LogP contribution in [0.2, 0.25) is 0 Å². The average Bonchev–Trinajstić information content (AvgIpc) is 2.77. The third-order valence-electron chi connectivity index (χ3n) is 5.47. The second-order valence-corrected chi connectivity index (χ2v) is 8.12. The lowest BCUT2D eigenvalue weighted by Crippen LogP contribution is -2.32. The quantitative estimate of drug-likeness (QED) is 0.333.